The van der Waals surface area contributed by atoms with Crippen LogP contribution in [-0.4, -0.2) is 36.5 Å². The maximum Gasteiger partial charge on any atom is 0.419 e. The van der Waals surface area contributed by atoms with Crippen LogP contribution in [0, 0.1) is 11.7 Å². The van der Waals surface area contributed by atoms with E-state index >= 15 is 0 Å². The van der Waals surface area contributed by atoms with Gasteiger partial charge in [-0.25, -0.2) is 4.39 Å². The van der Waals surface area contributed by atoms with E-state index in [1.165, 1.54) is 0 Å². The lowest BCUT2D eigenvalue weighted by molar-refractivity contribution is -0.140. The number of imide groups is 1. The SMILES string of the molecule is O=C1C=C(c2cccc(F)c2C(F)(F)F)C(=O)N1CC1CCOCC1. The summed E-state index contributed by atoms with van der Waals surface area (Å²) < 4.78 is 58.4. The number of hydrogen-bond donors (Lipinski definition) is 0. The standard InChI is InChI=1S/C17H15F4NO3/c18-13-3-1-2-11(15(13)17(19,20)21)12-8-14(23)22(16(12)24)9-10-4-6-25-7-5-10/h1-3,8,10H,4-7,9H2. The maximum absolute atomic E-state index is 13.7. The fourth-order valence-electron chi connectivity index (χ4n) is 3.10. The average Bonchev–Trinajstić information content (AvgIpc) is 2.82. The van der Waals surface area contributed by atoms with Crippen molar-refractivity contribution in [3.63, 3.8) is 0 Å². The Hall–Kier alpha value is -2.22. The third-order valence-electron chi connectivity index (χ3n) is 4.38. The quantitative estimate of drug-likeness (QED) is 0.617. The highest BCUT2D eigenvalue weighted by Crippen LogP contribution is 2.38. The highest BCUT2D eigenvalue weighted by atomic mass is 19.4. The Morgan fingerprint density at radius 2 is 1.84 bits per heavy atom. The Balaban J connectivity index is 1.90. The minimum absolute atomic E-state index is 0.0454. The molecule has 2 amide bonds. The molecule has 2 heterocycles. The van der Waals surface area contributed by atoms with Gasteiger partial charge in [0.25, 0.3) is 11.8 Å². The molecule has 1 saturated heterocycles. The van der Waals surface area contributed by atoms with Gasteiger partial charge in [-0.15, -0.1) is 0 Å². The van der Waals surface area contributed by atoms with Gasteiger partial charge in [-0.05, 0) is 24.8 Å². The van der Waals surface area contributed by atoms with Gasteiger partial charge in [0.05, 0.1) is 11.1 Å². The normalized spacial score (nSPS) is 19.5. The Labute approximate surface area is 141 Å². The second-order valence-electron chi connectivity index (χ2n) is 6.03. The number of amides is 2. The molecule has 4 nitrogen and oxygen atoms in total. The molecule has 1 fully saturated rings. The fraction of sp³-hybridized carbons (Fsp3) is 0.412. The molecule has 0 bridgehead atoms. The van der Waals surface area contributed by atoms with E-state index in [4.69, 9.17) is 4.74 Å². The summed E-state index contributed by atoms with van der Waals surface area (Å²) in [5, 5.41) is 0. The van der Waals surface area contributed by atoms with E-state index in [0.29, 0.717) is 32.1 Å². The van der Waals surface area contributed by atoms with Crippen molar-refractivity contribution in [2.24, 2.45) is 5.92 Å². The van der Waals surface area contributed by atoms with Crippen molar-refractivity contribution in [3.8, 4) is 0 Å². The van der Waals surface area contributed by atoms with Gasteiger partial charge in [-0.2, -0.15) is 13.2 Å². The molecule has 3 rings (SSSR count). The third kappa shape index (κ3) is 3.44. The molecule has 1 aromatic rings. The van der Waals surface area contributed by atoms with Crippen LogP contribution in [0.5, 0.6) is 0 Å². The van der Waals surface area contributed by atoms with Crippen molar-refractivity contribution in [1.82, 2.24) is 4.90 Å². The lowest BCUT2D eigenvalue weighted by atomic mass is 9.98. The molecule has 0 spiro atoms. The molecule has 1 aromatic carbocycles. The first-order chi connectivity index (χ1) is 11.8. The lowest BCUT2D eigenvalue weighted by Gasteiger charge is -2.26. The molecule has 0 N–H and O–H groups in total. The number of rotatable bonds is 3. The van der Waals surface area contributed by atoms with Crippen molar-refractivity contribution >= 4 is 17.4 Å². The number of alkyl halides is 3. The first-order valence-electron chi connectivity index (χ1n) is 7.80. The van der Waals surface area contributed by atoms with E-state index in [0.717, 1.165) is 23.1 Å². The summed E-state index contributed by atoms with van der Waals surface area (Å²) in [5.41, 5.74) is -2.57. The molecular weight excluding hydrogens is 342 g/mol. The fourth-order valence-corrected chi connectivity index (χ4v) is 3.10. The highest BCUT2D eigenvalue weighted by Gasteiger charge is 2.41. The van der Waals surface area contributed by atoms with Crippen LogP contribution in [0.4, 0.5) is 17.6 Å². The van der Waals surface area contributed by atoms with Crippen LogP contribution >= 0.6 is 0 Å². The van der Waals surface area contributed by atoms with Gasteiger partial charge in [0.1, 0.15) is 5.82 Å². The smallest absolute Gasteiger partial charge is 0.381 e. The van der Waals surface area contributed by atoms with Gasteiger partial charge in [0.2, 0.25) is 0 Å². The zero-order valence-corrected chi connectivity index (χ0v) is 13.1. The van der Waals surface area contributed by atoms with E-state index in [2.05, 4.69) is 0 Å². The van der Waals surface area contributed by atoms with E-state index < -0.39 is 40.5 Å². The van der Waals surface area contributed by atoms with Crippen molar-refractivity contribution < 1.29 is 31.9 Å². The summed E-state index contributed by atoms with van der Waals surface area (Å²) in [6.45, 7) is 1.16. The van der Waals surface area contributed by atoms with E-state index in [9.17, 15) is 27.2 Å². The Morgan fingerprint density at radius 1 is 1.16 bits per heavy atom. The van der Waals surface area contributed by atoms with Crippen LogP contribution in [0.1, 0.15) is 24.0 Å². The molecular formula is C17H15F4NO3. The second-order valence-corrected chi connectivity index (χ2v) is 6.03. The molecule has 25 heavy (non-hydrogen) atoms. The lowest BCUT2D eigenvalue weighted by Crippen LogP contribution is -2.37. The number of carbonyl (C=O) groups excluding carboxylic acids is 2. The summed E-state index contributed by atoms with van der Waals surface area (Å²) in [4.78, 5) is 25.5. The number of ether oxygens (including phenoxy) is 1. The molecule has 0 aromatic heterocycles. The van der Waals surface area contributed by atoms with Crippen LogP contribution in [0.25, 0.3) is 5.57 Å². The molecule has 8 heteroatoms. The summed E-state index contributed by atoms with van der Waals surface area (Å²) in [7, 11) is 0. The largest absolute Gasteiger partial charge is 0.419 e. The summed E-state index contributed by atoms with van der Waals surface area (Å²) in [6.07, 6.45) is -2.79. The first kappa shape index (κ1) is 17.6. The summed E-state index contributed by atoms with van der Waals surface area (Å²) in [6, 6.07) is 2.76. The van der Waals surface area contributed by atoms with Gasteiger partial charge in [-0.1, -0.05) is 12.1 Å². The van der Waals surface area contributed by atoms with Gasteiger partial charge < -0.3 is 4.74 Å². The molecule has 2 aliphatic heterocycles. The monoisotopic (exact) mass is 357 g/mol. The predicted molar refractivity (Wildman–Crippen MR) is 79.6 cm³/mol. The Bertz CT molecular complexity index is 736. The number of halogens is 4. The van der Waals surface area contributed by atoms with E-state index in [-0.39, 0.29) is 12.5 Å². The molecule has 0 aliphatic carbocycles. The minimum Gasteiger partial charge on any atom is -0.381 e. The highest BCUT2D eigenvalue weighted by molar-refractivity contribution is 6.33. The van der Waals surface area contributed by atoms with Crippen molar-refractivity contribution in [2.45, 2.75) is 19.0 Å². The zero-order chi connectivity index (χ0) is 18.2. The molecule has 0 atom stereocenters. The van der Waals surface area contributed by atoms with Crippen LogP contribution in [0.3, 0.4) is 0 Å². The Morgan fingerprint density at radius 3 is 2.48 bits per heavy atom. The van der Waals surface area contributed by atoms with Gasteiger partial charge >= 0.3 is 6.18 Å². The second kappa shape index (κ2) is 6.59. The van der Waals surface area contributed by atoms with Crippen molar-refractivity contribution in [3.05, 3.63) is 41.2 Å². The van der Waals surface area contributed by atoms with Crippen molar-refractivity contribution in [1.29, 1.82) is 0 Å². The summed E-state index contributed by atoms with van der Waals surface area (Å²) >= 11 is 0. The Kier molecular flexibility index (Phi) is 4.64. The molecule has 0 unspecified atom stereocenters. The third-order valence-corrected chi connectivity index (χ3v) is 4.38. The molecule has 0 saturated carbocycles. The van der Waals surface area contributed by atoms with Gasteiger partial charge in [-0.3, -0.25) is 14.5 Å². The van der Waals surface area contributed by atoms with E-state index in [1.807, 2.05) is 0 Å². The zero-order valence-electron chi connectivity index (χ0n) is 13.1. The summed E-state index contributed by atoms with van der Waals surface area (Å²) in [5.74, 6) is -2.94. The topological polar surface area (TPSA) is 46.6 Å². The number of carbonyl (C=O) groups is 2. The van der Waals surface area contributed by atoms with Crippen LogP contribution < -0.4 is 0 Å². The number of nitrogens with zero attached hydrogens (tertiary/aromatic N) is 1. The number of benzene rings is 1. The predicted octanol–water partition coefficient (Wildman–Crippen LogP) is 3.02. The van der Waals surface area contributed by atoms with Gasteiger partial charge in [0.15, 0.2) is 0 Å². The van der Waals surface area contributed by atoms with Gasteiger partial charge in [0, 0.05) is 31.4 Å². The number of hydrogen-bond acceptors (Lipinski definition) is 3. The van der Waals surface area contributed by atoms with E-state index in [1.54, 1.807) is 0 Å². The maximum atomic E-state index is 13.7. The molecule has 0 radical (unpaired) electrons. The minimum atomic E-state index is -4.97. The first-order valence-corrected chi connectivity index (χ1v) is 7.80. The molecule has 134 valence electrons. The van der Waals surface area contributed by atoms with Crippen LogP contribution in [-0.2, 0) is 20.5 Å². The van der Waals surface area contributed by atoms with Crippen LogP contribution in [0.15, 0.2) is 24.3 Å². The molecule has 2 aliphatic rings. The van der Waals surface area contributed by atoms with Crippen molar-refractivity contribution in [2.75, 3.05) is 19.8 Å². The van der Waals surface area contributed by atoms with Crippen LogP contribution in [0.2, 0.25) is 0 Å². The average molecular weight is 357 g/mol.